The van der Waals surface area contributed by atoms with E-state index in [2.05, 4.69) is 0 Å². The minimum absolute atomic E-state index is 0.197. The fourth-order valence-electron chi connectivity index (χ4n) is 4.25. The maximum absolute atomic E-state index is 12.0. The summed E-state index contributed by atoms with van der Waals surface area (Å²) in [6, 6.07) is 9.70. The van der Waals surface area contributed by atoms with Gasteiger partial charge in [-0.15, -0.1) is 0 Å². The van der Waals surface area contributed by atoms with Crippen molar-refractivity contribution in [2.75, 3.05) is 13.2 Å². The van der Waals surface area contributed by atoms with Crippen LogP contribution in [0.25, 0.3) is 0 Å². The van der Waals surface area contributed by atoms with Gasteiger partial charge in [0, 0.05) is 5.57 Å². The zero-order chi connectivity index (χ0) is 27.0. The summed E-state index contributed by atoms with van der Waals surface area (Å²) in [4.78, 5) is 23.0. The van der Waals surface area contributed by atoms with Gasteiger partial charge in [-0.05, 0) is 40.2 Å². The van der Waals surface area contributed by atoms with E-state index in [9.17, 15) is 14.7 Å². The highest BCUT2D eigenvalue weighted by Gasteiger charge is 2.47. The van der Waals surface area contributed by atoms with E-state index >= 15 is 0 Å². The fraction of sp³-hybridized carbons (Fsp3) is 0.538. The quantitative estimate of drug-likeness (QED) is 0.554. The van der Waals surface area contributed by atoms with Crippen molar-refractivity contribution in [3.05, 3.63) is 58.7 Å². The van der Waals surface area contributed by atoms with Crippen molar-refractivity contribution in [3.8, 4) is 0 Å². The van der Waals surface area contributed by atoms with Crippen LogP contribution < -0.4 is 0 Å². The molecule has 2 fully saturated rings. The lowest BCUT2D eigenvalue weighted by Crippen LogP contribution is -2.32. The van der Waals surface area contributed by atoms with E-state index in [1.807, 2.05) is 51.1 Å². The van der Waals surface area contributed by atoms with Gasteiger partial charge in [0.1, 0.15) is 18.8 Å². The zero-order valence-corrected chi connectivity index (χ0v) is 21.4. The molecule has 4 heterocycles. The minimum Gasteiger partial charge on any atom is -0.505 e. The van der Waals surface area contributed by atoms with Gasteiger partial charge in [-0.3, -0.25) is 0 Å². The maximum Gasteiger partial charge on any atom is 0.377 e. The van der Waals surface area contributed by atoms with E-state index in [-0.39, 0.29) is 18.5 Å². The first-order valence-corrected chi connectivity index (χ1v) is 11.9. The Hall–Kier alpha value is -3.12. The van der Waals surface area contributed by atoms with Gasteiger partial charge in [-0.2, -0.15) is 0 Å². The van der Waals surface area contributed by atoms with E-state index in [0.717, 1.165) is 11.1 Å². The molecule has 2 saturated heterocycles. The smallest absolute Gasteiger partial charge is 0.377 e. The van der Waals surface area contributed by atoms with Crippen LogP contribution in [-0.2, 0) is 49.4 Å². The molecule has 2 N–H and O–H groups in total. The molecular weight excluding hydrogens is 488 g/mol. The van der Waals surface area contributed by atoms with Crippen LogP contribution in [0.5, 0.6) is 0 Å². The maximum atomic E-state index is 12.0. The Kier molecular flexibility index (Phi) is 7.52. The van der Waals surface area contributed by atoms with E-state index < -0.39 is 53.3 Å². The number of carbonyl (C=O) groups is 2. The highest BCUT2D eigenvalue weighted by atomic mass is 16.8. The Bertz CT molecular complexity index is 1090. The highest BCUT2D eigenvalue weighted by Crippen LogP contribution is 2.34. The topological polar surface area (TPSA) is 139 Å². The summed E-state index contributed by atoms with van der Waals surface area (Å²) in [6.45, 7) is 9.88. The summed E-state index contributed by atoms with van der Waals surface area (Å²) in [5.74, 6) is -3.76. The third-order valence-electron chi connectivity index (χ3n) is 6.11. The van der Waals surface area contributed by atoms with Gasteiger partial charge in [0.25, 0.3) is 0 Å². The number of aliphatic hydroxyl groups is 2. The zero-order valence-electron chi connectivity index (χ0n) is 21.4. The molecule has 11 nitrogen and oxygen atoms in total. The van der Waals surface area contributed by atoms with Crippen LogP contribution in [0.4, 0.5) is 0 Å². The number of aliphatic hydroxyl groups excluding tert-OH is 2. The van der Waals surface area contributed by atoms with Gasteiger partial charge in [0.15, 0.2) is 29.5 Å². The van der Waals surface area contributed by atoms with Gasteiger partial charge < -0.3 is 43.4 Å². The fourth-order valence-corrected chi connectivity index (χ4v) is 4.25. The molecule has 0 radical (unpaired) electrons. The molecule has 11 heteroatoms. The number of benzene rings is 1. The molecule has 37 heavy (non-hydrogen) atoms. The van der Waals surface area contributed by atoms with Crippen molar-refractivity contribution in [1.82, 2.24) is 0 Å². The van der Waals surface area contributed by atoms with Crippen LogP contribution in [0, 0.1) is 0 Å². The van der Waals surface area contributed by atoms with Crippen molar-refractivity contribution in [1.29, 1.82) is 0 Å². The van der Waals surface area contributed by atoms with Crippen molar-refractivity contribution in [2.45, 2.75) is 77.2 Å². The molecule has 4 aliphatic heterocycles. The van der Waals surface area contributed by atoms with Crippen LogP contribution in [0.15, 0.2) is 53.2 Å². The summed E-state index contributed by atoms with van der Waals surface area (Å²) in [5, 5.41) is 18.5. The summed E-state index contributed by atoms with van der Waals surface area (Å²) in [6.07, 6.45) is -2.30. The second-order valence-electron chi connectivity index (χ2n) is 9.91. The first-order valence-electron chi connectivity index (χ1n) is 11.9. The average Bonchev–Trinajstić information content (AvgIpc) is 3.55. The number of rotatable bonds is 5. The lowest BCUT2D eigenvalue weighted by Gasteiger charge is -2.20. The van der Waals surface area contributed by atoms with Crippen molar-refractivity contribution >= 4 is 11.9 Å². The number of carbonyl (C=O) groups excluding carboxylic acids is 2. The Morgan fingerprint density at radius 1 is 0.865 bits per heavy atom. The molecule has 0 saturated carbocycles. The molecule has 4 unspecified atom stereocenters. The van der Waals surface area contributed by atoms with Gasteiger partial charge in [-0.25, -0.2) is 9.59 Å². The first-order chi connectivity index (χ1) is 17.4. The van der Waals surface area contributed by atoms with E-state index in [1.54, 1.807) is 13.8 Å². The van der Waals surface area contributed by atoms with Crippen molar-refractivity contribution in [2.24, 2.45) is 0 Å². The number of cyclic esters (lactones) is 2. The predicted octanol–water partition coefficient (Wildman–Crippen LogP) is 2.95. The van der Waals surface area contributed by atoms with E-state index in [4.69, 9.17) is 38.3 Å². The molecule has 0 spiro atoms. The summed E-state index contributed by atoms with van der Waals surface area (Å²) >= 11 is 0. The van der Waals surface area contributed by atoms with Crippen LogP contribution in [-0.4, -0.2) is 71.4 Å². The monoisotopic (exact) mass is 520 g/mol. The second kappa shape index (κ2) is 10.3. The largest absolute Gasteiger partial charge is 0.505 e. The molecule has 5 rings (SSSR count). The van der Waals surface area contributed by atoms with Crippen molar-refractivity contribution in [3.63, 3.8) is 0 Å². The third-order valence-corrected chi connectivity index (χ3v) is 6.11. The lowest BCUT2D eigenvalue weighted by atomic mass is 10.1. The Balaban J connectivity index is 0.000000186. The first kappa shape index (κ1) is 26.9. The van der Waals surface area contributed by atoms with Gasteiger partial charge >= 0.3 is 11.9 Å². The van der Waals surface area contributed by atoms with Gasteiger partial charge in [-0.1, -0.05) is 30.3 Å². The number of esters is 2. The SMILES string of the molecule is CC1(C)OCC(C2OC(=O)C(O)=C2O)O1.CC1=C(OCc2ccccc2)C(=O)OC1C1COC(C)(C)O1. The van der Waals surface area contributed by atoms with Crippen LogP contribution >= 0.6 is 0 Å². The van der Waals surface area contributed by atoms with E-state index in [0.29, 0.717) is 13.2 Å². The third kappa shape index (κ3) is 6.07. The van der Waals surface area contributed by atoms with Crippen LogP contribution in [0.3, 0.4) is 0 Å². The lowest BCUT2D eigenvalue weighted by molar-refractivity contribution is -0.163. The molecule has 1 aromatic carbocycles. The summed E-state index contributed by atoms with van der Waals surface area (Å²) in [5.41, 5.74) is 1.76. The normalized spacial score (nSPS) is 30.2. The Morgan fingerprint density at radius 2 is 1.41 bits per heavy atom. The highest BCUT2D eigenvalue weighted by molar-refractivity contribution is 5.90. The molecule has 0 bridgehead atoms. The number of hydrogen-bond acceptors (Lipinski definition) is 11. The Labute approximate surface area is 214 Å². The Morgan fingerprint density at radius 3 is 1.89 bits per heavy atom. The van der Waals surface area contributed by atoms with Crippen LogP contribution in [0.2, 0.25) is 0 Å². The number of ether oxygens (including phenoxy) is 7. The molecular formula is C26H32O11. The molecule has 0 aliphatic carbocycles. The molecule has 4 aliphatic rings. The van der Waals surface area contributed by atoms with Crippen molar-refractivity contribution < 1.29 is 53.0 Å². The molecule has 0 amide bonds. The minimum atomic E-state index is -0.973. The number of hydrogen-bond donors (Lipinski definition) is 2. The predicted molar refractivity (Wildman–Crippen MR) is 126 cm³/mol. The average molecular weight is 521 g/mol. The molecule has 1 aromatic rings. The molecule has 4 atom stereocenters. The standard InChI is InChI=1S/C17H20O5.C9H12O6/c1-11-14(13-10-20-17(2,3)22-13)21-16(18)15(11)19-9-12-7-5-4-6-8-12;1-9(2)13-3-4(15-9)7-5(10)6(11)8(12)14-7/h4-8,13-14H,9-10H2,1-3H3;4,7,10-11H,3H2,1-2H3. The molecule has 0 aromatic heterocycles. The van der Waals surface area contributed by atoms with E-state index in [1.165, 1.54) is 0 Å². The van der Waals surface area contributed by atoms with Crippen LogP contribution in [0.1, 0.15) is 40.2 Å². The summed E-state index contributed by atoms with van der Waals surface area (Å²) in [7, 11) is 0. The summed E-state index contributed by atoms with van der Waals surface area (Å²) < 4.78 is 37.8. The second-order valence-corrected chi connectivity index (χ2v) is 9.91. The molecule has 202 valence electrons. The van der Waals surface area contributed by atoms with Gasteiger partial charge in [0.2, 0.25) is 11.5 Å². The van der Waals surface area contributed by atoms with Gasteiger partial charge in [0.05, 0.1) is 13.2 Å².